The number of amides is 2. The predicted octanol–water partition coefficient (Wildman–Crippen LogP) is 1.26. The van der Waals surface area contributed by atoms with Crippen LogP contribution in [0.15, 0.2) is 18.2 Å². The van der Waals surface area contributed by atoms with E-state index in [1.807, 2.05) is 0 Å². The molecule has 2 aliphatic heterocycles. The third-order valence-corrected chi connectivity index (χ3v) is 5.73. The van der Waals surface area contributed by atoms with E-state index in [1.165, 1.54) is 0 Å². The van der Waals surface area contributed by atoms with E-state index in [1.54, 1.807) is 23.1 Å². The third kappa shape index (κ3) is 3.11. The topological polar surface area (TPSA) is 93.9 Å². The summed E-state index contributed by atoms with van der Waals surface area (Å²) in [6.07, 6.45) is 4.65. The highest BCUT2D eigenvalue weighted by molar-refractivity contribution is 5.98. The van der Waals surface area contributed by atoms with Crippen LogP contribution in [-0.4, -0.2) is 48.7 Å². The lowest BCUT2D eigenvalue weighted by Crippen LogP contribution is -2.50. The molecule has 7 heteroatoms. The molecule has 2 amide bonds. The number of nitrogens with two attached hydrogens (primary N) is 1. The SMILES string of the molecule is NCC1CCCC1NC(=O)C1CCCN1C(=O)c1ccc2c(c1)OCO2. The quantitative estimate of drug-likeness (QED) is 0.844. The number of fused-ring (bicyclic) bond motifs is 1. The van der Waals surface area contributed by atoms with E-state index >= 15 is 0 Å². The highest BCUT2D eigenvalue weighted by atomic mass is 16.7. The fourth-order valence-corrected chi connectivity index (χ4v) is 4.27. The maximum absolute atomic E-state index is 12.9. The molecule has 3 N–H and O–H groups in total. The number of carbonyl (C=O) groups is 2. The fourth-order valence-electron chi connectivity index (χ4n) is 4.27. The summed E-state index contributed by atoms with van der Waals surface area (Å²) >= 11 is 0. The molecule has 3 atom stereocenters. The molecule has 1 saturated heterocycles. The van der Waals surface area contributed by atoms with E-state index in [2.05, 4.69) is 5.32 Å². The van der Waals surface area contributed by atoms with Crippen molar-refractivity contribution in [3.05, 3.63) is 23.8 Å². The van der Waals surface area contributed by atoms with Crippen molar-refractivity contribution in [2.24, 2.45) is 11.7 Å². The molecule has 0 aromatic heterocycles. The van der Waals surface area contributed by atoms with Crippen LogP contribution in [0.1, 0.15) is 42.5 Å². The van der Waals surface area contributed by atoms with Crippen molar-refractivity contribution in [2.45, 2.75) is 44.2 Å². The number of nitrogens with zero attached hydrogens (tertiary/aromatic N) is 1. The van der Waals surface area contributed by atoms with Gasteiger partial charge in [0.1, 0.15) is 6.04 Å². The van der Waals surface area contributed by atoms with Crippen molar-refractivity contribution >= 4 is 11.8 Å². The van der Waals surface area contributed by atoms with Crippen LogP contribution >= 0.6 is 0 Å². The molecular weight excluding hydrogens is 334 g/mol. The first-order valence-corrected chi connectivity index (χ1v) is 9.38. The summed E-state index contributed by atoms with van der Waals surface area (Å²) in [6.45, 7) is 1.36. The Kier molecular flexibility index (Phi) is 4.72. The minimum Gasteiger partial charge on any atom is -0.454 e. The molecule has 0 spiro atoms. The molecule has 26 heavy (non-hydrogen) atoms. The standard InChI is InChI=1S/C19H25N3O4/c20-10-13-3-1-4-14(13)21-18(23)15-5-2-8-22(15)19(24)12-6-7-16-17(9-12)26-11-25-16/h6-7,9,13-15H,1-5,8,10-11,20H2,(H,21,23). The average Bonchev–Trinajstić information content (AvgIpc) is 3.39. The first-order chi connectivity index (χ1) is 12.7. The van der Waals surface area contributed by atoms with Gasteiger partial charge in [-0.2, -0.15) is 0 Å². The predicted molar refractivity (Wildman–Crippen MR) is 94.9 cm³/mol. The van der Waals surface area contributed by atoms with Gasteiger partial charge in [0.15, 0.2) is 11.5 Å². The second kappa shape index (κ2) is 7.15. The van der Waals surface area contributed by atoms with E-state index < -0.39 is 6.04 Å². The minimum absolute atomic E-state index is 0.0538. The Morgan fingerprint density at radius 3 is 2.85 bits per heavy atom. The Morgan fingerprint density at radius 2 is 2.00 bits per heavy atom. The highest BCUT2D eigenvalue weighted by Gasteiger charge is 2.37. The summed E-state index contributed by atoms with van der Waals surface area (Å²) in [5.74, 6) is 1.38. The van der Waals surface area contributed by atoms with Gasteiger partial charge in [0.05, 0.1) is 0 Å². The van der Waals surface area contributed by atoms with Gasteiger partial charge in [-0.15, -0.1) is 0 Å². The van der Waals surface area contributed by atoms with Gasteiger partial charge in [0, 0.05) is 18.2 Å². The van der Waals surface area contributed by atoms with Gasteiger partial charge in [-0.25, -0.2) is 0 Å². The van der Waals surface area contributed by atoms with Gasteiger partial charge in [-0.3, -0.25) is 9.59 Å². The maximum Gasteiger partial charge on any atom is 0.254 e. The summed E-state index contributed by atoms with van der Waals surface area (Å²) < 4.78 is 10.6. The number of carbonyl (C=O) groups excluding carboxylic acids is 2. The zero-order valence-electron chi connectivity index (χ0n) is 14.8. The Morgan fingerprint density at radius 1 is 1.15 bits per heavy atom. The molecule has 7 nitrogen and oxygen atoms in total. The van der Waals surface area contributed by atoms with Crippen molar-refractivity contribution in [2.75, 3.05) is 19.9 Å². The van der Waals surface area contributed by atoms with Gasteiger partial charge in [0.25, 0.3) is 5.91 Å². The van der Waals surface area contributed by atoms with Crippen molar-refractivity contribution in [1.82, 2.24) is 10.2 Å². The van der Waals surface area contributed by atoms with E-state index in [0.717, 1.165) is 25.7 Å². The van der Waals surface area contributed by atoms with Crippen molar-refractivity contribution in [3.63, 3.8) is 0 Å². The van der Waals surface area contributed by atoms with Crippen LogP contribution in [0.25, 0.3) is 0 Å². The molecular formula is C19H25N3O4. The molecule has 0 bridgehead atoms. The Hall–Kier alpha value is -2.28. The molecule has 4 rings (SSSR count). The number of rotatable bonds is 4. The van der Waals surface area contributed by atoms with Gasteiger partial charge < -0.3 is 25.4 Å². The normalized spacial score (nSPS) is 27.0. The number of hydrogen-bond acceptors (Lipinski definition) is 5. The van der Waals surface area contributed by atoms with E-state index in [0.29, 0.717) is 42.5 Å². The van der Waals surface area contributed by atoms with E-state index in [-0.39, 0.29) is 24.6 Å². The number of benzene rings is 1. The minimum atomic E-state index is -0.410. The maximum atomic E-state index is 12.9. The smallest absolute Gasteiger partial charge is 0.254 e. The molecule has 140 valence electrons. The van der Waals surface area contributed by atoms with Crippen LogP contribution in [0.4, 0.5) is 0 Å². The summed E-state index contributed by atoms with van der Waals surface area (Å²) in [7, 11) is 0. The lowest BCUT2D eigenvalue weighted by atomic mass is 10.0. The Labute approximate surface area is 152 Å². The van der Waals surface area contributed by atoms with Crippen LogP contribution in [0.3, 0.4) is 0 Å². The summed E-state index contributed by atoms with van der Waals surface area (Å²) in [6, 6.07) is 4.89. The third-order valence-electron chi connectivity index (χ3n) is 5.73. The molecule has 0 radical (unpaired) electrons. The van der Waals surface area contributed by atoms with Gasteiger partial charge >= 0.3 is 0 Å². The lowest BCUT2D eigenvalue weighted by Gasteiger charge is -2.27. The van der Waals surface area contributed by atoms with Gasteiger partial charge in [0.2, 0.25) is 12.7 Å². The monoisotopic (exact) mass is 359 g/mol. The molecule has 3 aliphatic rings. The van der Waals surface area contributed by atoms with Crippen LogP contribution < -0.4 is 20.5 Å². The first kappa shape index (κ1) is 17.1. The summed E-state index contributed by atoms with van der Waals surface area (Å²) in [5.41, 5.74) is 6.33. The Balaban J connectivity index is 1.45. The van der Waals surface area contributed by atoms with Crippen molar-refractivity contribution in [1.29, 1.82) is 0 Å². The second-order valence-corrected chi connectivity index (χ2v) is 7.27. The van der Waals surface area contributed by atoms with E-state index in [4.69, 9.17) is 15.2 Å². The molecule has 1 aromatic carbocycles. The Bertz CT molecular complexity index is 708. The van der Waals surface area contributed by atoms with Crippen LogP contribution in [0.5, 0.6) is 11.5 Å². The molecule has 1 saturated carbocycles. The zero-order chi connectivity index (χ0) is 18.1. The first-order valence-electron chi connectivity index (χ1n) is 9.38. The average molecular weight is 359 g/mol. The van der Waals surface area contributed by atoms with Gasteiger partial charge in [-0.1, -0.05) is 6.42 Å². The molecule has 1 aliphatic carbocycles. The largest absolute Gasteiger partial charge is 0.454 e. The zero-order valence-corrected chi connectivity index (χ0v) is 14.8. The van der Waals surface area contributed by atoms with Crippen molar-refractivity contribution in [3.8, 4) is 11.5 Å². The summed E-state index contributed by atoms with van der Waals surface area (Å²) in [4.78, 5) is 27.4. The fraction of sp³-hybridized carbons (Fsp3) is 0.579. The second-order valence-electron chi connectivity index (χ2n) is 7.27. The van der Waals surface area contributed by atoms with Crippen molar-refractivity contribution < 1.29 is 19.1 Å². The number of hydrogen-bond donors (Lipinski definition) is 2. The number of nitrogens with one attached hydrogen (secondary N) is 1. The number of ether oxygens (including phenoxy) is 2. The molecule has 2 fully saturated rings. The van der Waals surface area contributed by atoms with Gasteiger partial charge in [-0.05, 0) is 56.3 Å². The lowest BCUT2D eigenvalue weighted by molar-refractivity contribution is -0.125. The van der Waals surface area contributed by atoms with Crippen LogP contribution in [0, 0.1) is 5.92 Å². The highest BCUT2D eigenvalue weighted by Crippen LogP contribution is 2.33. The summed E-state index contributed by atoms with van der Waals surface area (Å²) in [5, 5.41) is 3.14. The molecule has 3 unspecified atom stereocenters. The van der Waals surface area contributed by atoms with E-state index in [9.17, 15) is 9.59 Å². The van der Waals surface area contributed by atoms with Crippen LogP contribution in [-0.2, 0) is 4.79 Å². The molecule has 2 heterocycles. The number of likely N-dealkylation sites (tertiary alicyclic amines) is 1. The molecule has 1 aromatic rings. The van der Waals surface area contributed by atoms with Crippen LogP contribution in [0.2, 0.25) is 0 Å².